The molecular formula is C7H4BrF2IN2O2. The quantitative estimate of drug-likeness (QED) is 0.343. The van der Waals surface area contributed by atoms with Crippen molar-refractivity contribution < 1.29 is 13.7 Å². The first kappa shape index (κ1) is 12.7. The van der Waals surface area contributed by atoms with E-state index in [4.69, 9.17) is 0 Å². The lowest BCUT2D eigenvalue weighted by Gasteiger charge is -2.05. The molecule has 0 aromatic carbocycles. The molecule has 1 heterocycles. The van der Waals surface area contributed by atoms with Crippen molar-refractivity contribution in [3.63, 3.8) is 0 Å². The molecule has 15 heavy (non-hydrogen) atoms. The molecule has 0 spiro atoms. The van der Waals surface area contributed by atoms with Crippen molar-refractivity contribution in [2.75, 3.05) is 0 Å². The highest BCUT2D eigenvalue weighted by Gasteiger charge is 2.27. The highest BCUT2D eigenvalue weighted by Crippen LogP contribution is 2.33. The maximum atomic E-state index is 12.4. The van der Waals surface area contributed by atoms with Crippen LogP contribution < -0.4 is 0 Å². The Bertz CT molecular complexity index is 403. The van der Waals surface area contributed by atoms with Crippen molar-refractivity contribution in [3.05, 3.63) is 31.1 Å². The molecule has 0 unspecified atom stereocenters. The molecule has 0 amide bonds. The van der Waals surface area contributed by atoms with Crippen LogP contribution in [-0.2, 0) is 5.33 Å². The van der Waals surface area contributed by atoms with E-state index in [-0.39, 0.29) is 8.90 Å². The van der Waals surface area contributed by atoms with Crippen LogP contribution in [0.1, 0.15) is 17.7 Å². The first-order valence-corrected chi connectivity index (χ1v) is 5.84. The van der Waals surface area contributed by atoms with Crippen LogP contribution in [0.25, 0.3) is 0 Å². The Morgan fingerprint density at radius 1 is 1.67 bits per heavy atom. The summed E-state index contributed by atoms with van der Waals surface area (Å²) < 4.78 is 25.0. The molecule has 0 bridgehead atoms. The zero-order valence-electron chi connectivity index (χ0n) is 7.08. The maximum absolute atomic E-state index is 12.4. The minimum atomic E-state index is -2.89. The summed E-state index contributed by atoms with van der Waals surface area (Å²) in [4.78, 5) is 13.6. The Kier molecular flexibility index (Phi) is 4.32. The number of aromatic nitrogens is 1. The zero-order valence-corrected chi connectivity index (χ0v) is 10.8. The van der Waals surface area contributed by atoms with Crippen LogP contribution in [-0.4, -0.2) is 9.91 Å². The van der Waals surface area contributed by atoms with Gasteiger partial charge in [-0.05, 0) is 22.6 Å². The van der Waals surface area contributed by atoms with E-state index in [0.717, 1.165) is 6.20 Å². The SMILES string of the molecule is O=[N+]([O-])c1c(C(F)F)cnc(CBr)c1I. The lowest BCUT2D eigenvalue weighted by Crippen LogP contribution is -2.03. The molecule has 0 aliphatic heterocycles. The van der Waals surface area contributed by atoms with Crippen molar-refractivity contribution in [1.29, 1.82) is 0 Å². The average molecular weight is 393 g/mol. The average Bonchev–Trinajstić information content (AvgIpc) is 2.16. The lowest BCUT2D eigenvalue weighted by molar-refractivity contribution is -0.387. The molecule has 4 nitrogen and oxygen atoms in total. The Labute approximate surface area is 105 Å². The number of nitro groups is 1. The molecule has 0 fully saturated rings. The third-order valence-electron chi connectivity index (χ3n) is 1.64. The van der Waals surface area contributed by atoms with Crippen LogP contribution >= 0.6 is 38.5 Å². The van der Waals surface area contributed by atoms with Crippen LogP contribution in [0.15, 0.2) is 6.20 Å². The van der Waals surface area contributed by atoms with Gasteiger partial charge < -0.3 is 0 Å². The second-order valence-electron chi connectivity index (χ2n) is 2.51. The van der Waals surface area contributed by atoms with E-state index in [2.05, 4.69) is 20.9 Å². The lowest BCUT2D eigenvalue weighted by atomic mass is 10.2. The van der Waals surface area contributed by atoms with Crippen LogP contribution in [0.5, 0.6) is 0 Å². The fourth-order valence-corrected chi connectivity index (χ4v) is 2.75. The Balaban J connectivity index is 3.44. The summed E-state index contributed by atoms with van der Waals surface area (Å²) in [6.45, 7) is 0. The number of rotatable bonds is 3. The number of pyridine rings is 1. The van der Waals surface area contributed by atoms with Gasteiger partial charge in [-0.2, -0.15) is 0 Å². The van der Waals surface area contributed by atoms with Crippen molar-refractivity contribution in [2.24, 2.45) is 0 Å². The number of halogens is 4. The monoisotopic (exact) mass is 392 g/mol. The molecule has 8 heteroatoms. The van der Waals surface area contributed by atoms with Gasteiger partial charge in [-0.1, -0.05) is 15.9 Å². The second kappa shape index (κ2) is 5.10. The van der Waals surface area contributed by atoms with Crippen LogP contribution in [0, 0.1) is 13.7 Å². The van der Waals surface area contributed by atoms with E-state index >= 15 is 0 Å². The van der Waals surface area contributed by atoms with Crippen molar-refractivity contribution in [2.45, 2.75) is 11.8 Å². The molecular weight excluding hydrogens is 389 g/mol. The standard InChI is InChI=1S/C7H4BrF2IN2O2/c8-1-4-5(11)6(13(14)15)3(2-12-4)7(9)10/h2,7H,1H2. The van der Waals surface area contributed by atoms with E-state index in [9.17, 15) is 18.9 Å². The normalized spacial score (nSPS) is 10.7. The smallest absolute Gasteiger partial charge is 0.258 e. The molecule has 1 rings (SSSR count). The van der Waals surface area contributed by atoms with Gasteiger partial charge in [-0.3, -0.25) is 15.1 Å². The van der Waals surface area contributed by atoms with Gasteiger partial charge in [0.1, 0.15) is 9.13 Å². The summed E-state index contributed by atoms with van der Waals surface area (Å²) in [5, 5.41) is 10.9. The molecule has 0 aliphatic rings. The summed E-state index contributed by atoms with van der Waals surface area (Å²) in [6, 6.07) is 0. The van der Waals surface area contributed by atoms with Crippen molar-refractivity contribution in [3.8, 4) is 0 Å². The summed E-state index contributed by atoms with van der Waals surface area (Å²) in [5.41, 5.74) is -0.823. The Morgan fingerprint density at radius 3 is 2.67 bits per heavy atom. The van der Waals surface area contributed by atoms with Crippen molar-refractivity contribution >= 4 is 44.2 Å². The molecule has 82 valence electrons. The summed E-state index contributed by atoms with van der Waals surface area (Å²) in [5.74, 6) is 0. The fourth-order valence-electron chi connectivity index (χ4n) is 0.967. The first-order valence-electron chi connectivity index (χ1n) is 3.64. The highest BCUT2D eigenvalue weighted by molar-refractivity contribution is 14.1. The topological polar surface area (TPSA) is 56.0 Å². The largest absolute Gasteiger partial charge is 0.294 e. The predicted octanol–water partition coefficient (Wildman–Crippen LogP) is 3.43. The number of alkyl halides is 3. The van der Waals surface area contributed by atoms with Gasteiger partial charge in [-0.25, -0.2) is 8.78 Å². The highest BCUT2D eigenvalue weighted by atomic mass is 127. The van der Waals surface area contributed by atoms with Crippen LogP contribution in [0.2, 0.25) is 0 Å². The predicted molar refractivity (Wildman–Crippen MR) is 61.2 cm³/mol. The van der Waals surface area contributed by atoms with E-state index in [0.29, 0.717) is 5.69 Å². The fraction of sp³-hybridized carbons (Fsp3) is 0.286. The second-order valence-corrected chi connectivity index (χ2v) is 4.15. The van der Waals surface area contributed by atoms with Gasteiger partial charge in [0.25, 0.3) is 12.1 Å². The third-order valence-corrected chi connectivity index (χ3v) is 3.30. The van der Waals surface area contributed by atoms with Gasteiger partial charge in [0.05, 0.1) is 10.6 Å². The summed E-state index contributed by atoms with van der Waals surface area (Å²) in [6.07, 6.45) is -2.04. The minimum Gasteiger partial charge on any atom is -0.258 e. The minimum absolute atomic E-state index is 0.146. The molecule has 0 saturated carbocycles. The number of hydrogen-bond donors (Lipinski definition) is 0. The first-order chi connectivity index (χ1) is 6.99. The zero-order chi connectivity index (χ0) is 11.6. The van der Waals surface area contributed by atoms with E-state index < -0.39 is 22.6 Å². The van der Waals surface area contributed by atoms with Gasteiger partial charge in [0.2, 0.25) is 0 Å². The molecule has 0 aliphatic carbocycles. The number of nitrogens with zero attached hydrogens (tertiary/aromatic N) is 2. The molecule has 1 aromatic rings. The Morgan fingerprint density at radius 2 is 2.27 bits per heavy atom. The van der Waals surface area contributed by atoms with Gasteiger partial charge in [0, 0.05) is 11.5 Å². The van der Waals surface area contributed by atoms with E-state index in [1.807, 2.05) is 0 Å². The van der Waals surface area contributed by atoms with Crippen LogP contribution in [0.3, 0.4) is 0 Å². The van der Waals surface area contributed by atoms with Crippen LogP contribution in [0.4, 0.5) is 14.5 Å². The van der Waals surface area contributed by atoms with E-state index in [1.165, 1.54) is 0 Å². The van der Waals surface area contributed by atoms with Gasteiger partial charge in [0.15, 0.2) is 0 Å². The van der Waals surface area contributed by atoms with Gasteiger partial charge in [-0.15, -0.1) is 0 Å². The maximum Gasteiger partial charge on any atom is 0.294 e. The number of hydrogen-bond acceptors (Lipinski definition) is 3. The third kappa shape index (κ3) is 2.60. The molecule has 1 aromatic heterocycles. The summed E-state index contributed by atoms with van der Waals surface area (Å²) >= 11 is 4.72. The molecule has 0 radical (unpaired) electrons. The molecule has 0 N–H and O–H groups in total. The Hall–Kier alpha value is -0.380. The molecule has 0 saturated heterocycles. The van der Waals surface area contributed by atoms with Gasteiger partial charge >= 0.3 is 0 Å². The van der Waals surface area contributed by atoms with Crippen molar-refractivity contribution in [1.82, 2.24) is 4.98 Å². The van der Waals surface area contributed by atoms with E-state index in [1.54, 1.807) is 22.6 Å². The summed E-state index contributed by atoms with van der Waals surface area (Å²) in [7, 11) is 0. The molecule has 0 atom stereocenters.